The molecule has 2 rings (SSSR count). The Morgan fingerprint density at radius 1 is 1.23 bits per heavy atom. The lowest BCUT2D eigenvalue weighted by atomic mass is 9.46. The molecule has 1 N–H and O–H groups in total. The maximum Gasteiger partial charge on any atom is 0.303 e. The first-order valence-electron chi connectivity index (χ1n) is 7.90. The van der Waals surface area contributed by atoms with E-state index in [9.17, 15) is 24.3 Å². The Labute approximate surface area is 130 Å². The minimum atomic E-state index is -0.952. The summed E-state index contributed by atoms with van der Waals surface area (Å²) in [5.74, 6) is -1.99. The maximum atomic E-state index is 12.5. The highest BCUT2D eigenvalue weighted by Crippen LogP contribution is 2.60. The summed E-state index contributed by atoms with van der Waals surface area (Å²) in [4.78, 5) is 47.2. The number of hydrogen-bond acceptors (Lipinski definition) is 4. The maximum absolute atomic E-state index is 12.5. The van der Waals surface area contributed by atoms with Crippen molar-refractivity contribution >= 4 is 23.3 Å². The fourth-order valence-corrected chi connectivity index (χ4v) is 4.80. The third kappa shape index (κ3) is 2.61. The number of fused-ring (bicyclic) bond motifs is 1. The van der Waals surface area contributed by atoms with Gasteiger partial charge in [-0.15, -0.1) is 0 Å². The Morgan fingerprint density at radius 2 is 1.86 bits per heavy atom. The lowest BCUT2D eigenvalue weighted by molar-refractivity contribution is -0.161. The molecule has 0 heterocycles. The second-order valence-corrected chi connectivity index (χ2v) is 7.44. The number of carboxylic acids is 1. The van der Waals surface area contributed by atoms with Crippen molar-refractivity contribution in [3.63, 3.8) is 0 Å². The number of carbonyl (C=O) groups excluding carboxylic acids is 3. The highest BCUT2D eigenvalue weighted by atomic mass is 16.4. The molecule has 0 aliphatic heterocycles. The van der Waals surface area contributed by atoms with Gasteiger partial charge in [0, 0.05) is 31.6 Å². The van der Waals surface area contributed by atoms with Crippen LogP contribution in [0.25, 0.3) is 0 Å². The van der Waals surface area contributed by atoms with Gasteiger partial charge in [-0.2, -0.15) is 0 Å². The van der Waals surface area contributed by atoms with Gasteiger partial charge in [-0.05, 0) is 36.5 Å². The highest BCUT2D eigenvalue weighted by Gasteiger charge is 2.58. The van der Waals surface area contributed by atoms with Crippen LogP contribution in [0.3, 0.4) is 0 Å². The summed E-state index contributed by atoms with van der Waals surface area (Å²) in [6.07, 6.45) is 2.57. The van der Waals surface area contributed by atoms with E-state index in [0.29, 0.717) is 32.1 Å². The van der Waals surface area contributed by atoms with Crippen molar-refractivity contribution in [2.24, 2.45) is 22.7 Å². The summed E-state index contributed by atoms with van der Waals surface area (Å²) in [7, 11) is 0. The number of rotatable bonds is 4. The third-order valence-corrected chi connectivity index (χ3v) is 6.14. The molecule has 2 saturated carbocycles. The van der Waals surface area contributed by atoms with Crippen molar-refractivity contribution in [3.8, 4) is 0 Å². The van der Waals surface area contributed by atoms with Gasteiger partial charge in [-0.1, -0.05) is 13.8 Å². The molecule has 0 aromatic rings. The fraction of sp³-hybridized carbons (Fsp3) is 0.765. The van der Waals surface area contributed by atoms with E-state index in [2.05, 4.69) is 0 Å². The van der Waals surface area contributed by atoms with Crippen molar-refractivity contribution in [3.05, 3.63) is 0 Å². The van der Waals surface area contributed by atoms with Gasteiger partial charge < -0.3 is 5.11 Å². The smallest absolute Gasteiger partial charge is 0.303 e. The minimum absolute atomic E-state index is 0.117. The molecule has 2 aliphatic carbocycles. The first-order valence-corrected chi connectivity index (χ1v) is 7.90. The van der Waals surface area contributed by atoms with E-state index in [-0.39, 0.29) is 23.5 Å². The lowest BCUT2D eigenvalue weighted by Gasteiger charge is -2.56. The van der Waals surface area contributed by atoms with Crippen molar-refractivity contribution in [2.75, 3.05) is 0 Å². The number of Topliss-reactive ketones (excluding diaryl/α,β-unsaturated/α-hetero) is 3. The average Bonchev–Trinajstić information content (AvgIpc) is 2.43. The molecule has 122 valence electrons. The van der Waals surface area contributed by atoms with Gasteiger partial charge in [0.25, 0.3) is 0 Å². The number of carboxylic acid groups (broad SMARTS) is 1. The molecule has 5 heteroatoms. The zero-order chi connectivity index (χ0) is 16.7. The molecule has 4 unspecified atom stereocenters. The molecular weight excluding hydrogens is 284 g/mol. The normalized spacial score (nSPS) is 38.2. The van der Waals surface area contributed by atoms with Crippen LogP contribution in [0.5, 0.6) is 0 Å². The van der Waals surface area contributed by atoms with Gasteiger partial charge in [-0.25, -0.2) is 0 Å². The van der Waals surface area contributed by atoms with Crippen LogP contribution in [0.1, 0.15) is 59.3 Å². The molecule has 0 aromatic heterocycles. The van der Waals surface area contributed by atoms with E-state index in [0.717, 1.165) is 0 Å². The van der Waals surface area contributed by atoms with Crippen LogP contribution in [0.4, 0.5) is 0 Å². The van der Waals surface area contributed by atoms with Crippen LogP contribution in [0, 0.1) is 22.7 Å². The predicted octanol–water partition coefficient (Wildman–Crippen LogP) is 2.41. The van der Waals surface area contributed by atoms with E-state index < -0.39 is 28.9 Å². The molecule has 0 amide bonds. The molecule has 0 bridgehead atoms. The van der Waals surface area contributed by atoms with Gasteiger partial charge in [0.15, 0.2) is 5.78 Å². The standard InChI is InChI=1S/C17H24O5/c1-10(18)15(22)17(3)6-4-11-8-12(19)5-7-16(11,2)13(17)9-14(20)21/h11,13H,4-9H2,1-3H3,(H,20,21). The van der Waals surface area contributed by atoms with Crippen LogP contribution >= 0.6 is 0 Å². The summed E-state index contributed by atoms with van der Waals surface area (Å²) in [5.41, 5.74) is -1.31. The molecule has 5 nitrogen and oxygen atoms in total. The first-order chi connectivity index (χ1) is 10.1. The zero-order valence-electron chi connectivity index (χ0n) is 13.5. The van der Waals surface area contributed by atoms with E-state index >= 15 is 0 Å². The summed E-state index contributed by atoms with van der Waals surface area (Å²) >= 11 is 0. The highest BCUT2D eigenvalue weighted by molar-refractivity contribution is 6.38. The zero-order valence-corrected chi connectivity index (χ0v) is 13.5. The molecule has 0 aromatic carbocycles. The summed E-state index contributed by atoms with van der Waals surface area (Å²) in [5, 5.41) is 9.31. The van der Waals surface area contributed by atoms with Crippen LogP contribution in [-0.2, 0) is 19.2 Å². The van der Waals surface area contributed by atoms with Crippen molar-refractivity contribution in [1.29, 1.82) is 0 Å². The Kier molecular flexibility index (Phi) is 4.28. The first kappa shape index (κ1) is 16.8. The van der Waals surface area contributed by atoms with Crippen molar-refractivity contribution in [1.82, 2.24) is 0 Å². The summed E-state index contributed by atoms with van der Waals surface area (Å²) < 4.78 is 0. The van der Waals surface area contributed by atoms with Crippen LogP contribution in [-0.4, -0.2) is 28.4 Å². The van der Waals surface area contributed by atoms with Gasteiger partial charge >= 0.3 is 5.97 Å². The Morgan fingerprint density at radius 3 is 2.41 bits per heavy atom. The fourth-order valence-electron chi connectivity index (χ4n) is 4.80. The van der Waals surface area contributed by atoms with Crippen LogP contribution < -0.4 is 0 Å². The summed E-state index contributed by atoms with van der Waals surface area (Å²) in [6, 6.07) is 0. The van der Waals surface area contributed by atoms with Crippen molar-refractivity contribution < 1.29 is 24.3 Å². The van der Waals surface area contributed by atoms with Gasteiger partial charge in [-0.3, -0.25) is 19.2 Å². The van der Waals surface area contributed by atoms with Gasteiger partial charge in [0.05, 0.1) is 0 Å². The number of aliphatic carboxylic acids is 1. The Balaban J connectivity index is 2.45. The second kappa shape index (κ2) is 5.60. The number of hydrogen-bond donors (Lipinski definition) is 1. The number of carbonyl (C=O) groups is 4. The quantitative estimate of drug-likeness (QED) is 0.806. The van der Waals surface area contributed by atoms with E-state index in [1.807, 2.05) is 6.92 Å². The second-order valence-electron chi connectivity index (χ2n) is 7.44. The van der Waals surface area contributed by atoms with Crippen LogP contribution in [0.15, 0.2) is 0 Å². The molecule has 4 atom stereocenters. The largest absolute Gasteiger partial charge is 0.481 e. The topological polar surface area (TPSA) is 88.5 Å². The lowest BCUT2D eigenvalue weighted by Crippen LogP contribution is -2.55. The Bertz CT molecular complexity index is 537. The SMILES string of the molecule is CC(=O)C(=O)C1(C)CCC2CC(=O)CCC2(C)C1CC(=O)O. The van der Waals surface area contributed by atoms with Crippen LogP contribution in [0.2, 0.25) is 0 Å². The van der Waals surface area contributed by atoms with Crippen molar-refractivity contribution in [2.45, 2.75) is 59.3 Å². The predicted molar refractivity (Wildman–Crippen MR) is 79.2 cm³/mol. The summed E-state index contributed by atoms with van der Waals surface area (Å²) in [6.45, 7) is 5.00. The Hall–Kier alpha value is -1.52. The van der Waals surface area contributed by atoms with E-state index in [1.165, 1.54) is 6.92 Å². The average molecular weight is 308 g/mol. The van der Waals surface area contributed by atoms with E-state index in [1.54, 1.807) is 6.92 Å². The minimum Gasteiger partial charge on any atom is -0.481 e. The number of ketones is 3. The molecule has 2 fully saturated rings. The molecular formula is C17H24O5. The van der Waals surface area contributed by atoms with Gasteiger partial charge in [0.2, 0.25) is 5.78 Å². The monoisotopic (exact) mass is 308 g/mol. The third-order valence-electron chi connectivity index (χ3n) is 6.14. The molecule has 0 spiro atoms. The molecule has 2 aliphatic rings. The molecule has 0 saturated heterocycles. The molecule has 0 radical (unpaired) electrons. The van der Waals surface area contributed by atoms with E-state index in [4.69, 9.17) is 0 Å². The van der Waals surface area contributed by atoms with Gasteiger partial charge in [0.1, 0.15) is 5.78 Å². The molecule has 22 heavy (non-hydrogen) atoms.